The average Bonchev–Trinajstić information content (AvgIpc) is 2.60. The van der Waals surface area contributed by atoms with Gasteiger partial charge in [0.15, 0.2) is 5.78 Å². The van der Waals surface area contributed by atoms with Crippen molar-refractivity contribution >= 4 is 17.7 Å². The second kappa shape index (κ2) is 10.1. The molecule has 1 rings (SSSR count). The highest BCUT2D eigenvalue weighted by Crippen LogP contribution is 2.14. The Bertz CT molecular complexity index is 607. The molecule has 24 heavy (non-hydrogen) atoms. The van der Waals surface area contributed by atoms with Gasteiger partial charge in [-0.2, -0.15) is 5.26 Å². The maximum Gasteiger partial charge on any atom is 0.330 e. The lowest BCUT2D eigenvalue weighted by Crippen LogP contribution is -2.29. The Balaban J connectivity index is 2.74. The number of carbonyl (C=O) groups is 3. The first-order chi connectivity index (χ1) is 11.5. The zero-order valence-corrected chi connectivity index (χ0v) is 13.6. The van der Waals surface area contributed by atoms with E-state index in [-0.39, 0.29) is 19.4 Å². The first-order valence-corrected chi connectivity index (χ1v) is 7.24. The number of hydrogen-bond acceptors (Lipinski definition) is 7. The molecule has 0 aromatic heterocycles. The van der Waals surface area contributed by atoms with E-state index in [1.807, 2.05) is 30.3 Å². The van der Waals surface area contributed by atoms with Gasteiger partial charge in [-0.05, 0) is 5.56 Å². The van der Waals surface area contributed by atoms with Crippen LogP contribution < -0.4 is 0 Å². The Morgan fingerprint density at radius 2 is 1.75 bits per heavy atom. The maximum absolute atomic E-state index is 12.1. The summed E-state index contributed by atoms with van der Waals surface area (Å²) in [5.74, 6) is -3.67. The molecule has 0 heterocycles. The number of ketones is 1. The second-order valence-electron chi connectivity index (χ2n) is 4.95. The lowest BCUT2D eigenvalue weighted by molar-refractivity contribution is -0.148. The molecule has 2 atom stereocenters. The maximum atomic E-state index is 12.1. The molecule has 0 saturated heterocycles. The van der Waals surface area contributed by atoms with Crippen molar-refractivity contribution in [1.29, 1.82) is 5.26 Å². The summed E-state index contributed by atoms with van der Waals surface area (Å²) in [7, 11) is 2.32. The lowest BCUT2D eigenvalue weighted by Gasteiger charge is -2.17. The zero-order valence-electron chi connectivity index (χ0n) is 13.6. The van der Waals surface area contributed by atoms with Crippen LogP contribution in [-0.2, 0) is 35.2 Å². The number of benzene rings is 1. The summed E-state index contributed by atoms with van der Waals surface area (Å²) < 4.78 is 14.6. The molecule has 1 aromatic rings. The highest BCUT2D eigenvalue weighted by molar-refractivity contribution is 6.01. The molecule has 128 valence electrons. The van der Waals surface area contributed by atoms with Gasteiger partial charge >= 0.3 is 11.9 Å². The summed E-state index contributed by atoms with van der Waals surface area (Å²) in [6.07, 6.45) is -1.23. The van der Waals surface area contributed by atoms with E-state index in [2.05, 4.69) is 9.47 Å². The van der Waals surface area contributed by atoms with Crippen LogP contribution in [0.5, 0.6) is 0 Å². The monoisotopic (exact) mass is 333 g/mol. The molecule has 0 radical (unpaired) electrons. The fourth-order valence-electron chi connectivity index (χ4n) is 1.96. The molecular formula is C17H19NO6. The van der Waals surface area contributed by atoms with E-state index in [0.29, 0.717) is 0 Å². The Hall–Kier alpha value is -2.72. The van der Waals surface area contributed by atoms with Crippen LogP contribution in [0.15, 0.2) is 30.3 Å². The van der Waals surface area contributed by atoms with E-state index in [9.17, 15) is 14.4 Å². The fourth-order valence-corrected chi connectivity index (χ4v) is 1.96. The molecule has 0 aliphatic heterocycles. The molecule has 0 saturated carbocycles. The van der Waals surface area contributed by atoms with Crippen molar-refractivity contribution in [2.24, 2.45) is 5.92 Å². The average molecular weight is 333 g/mol. The number of carbonyl (C=O) groups excluding carboxylic acids is 3. The van der Waals surface area contributed by atoms with E-state index in [0.717, 1.165) is 12.7 Å². The minimum absolute atomic E-state index is 0.158. The Labute approximate surface area is 140 Å². The van der Waals surface area contributed by atoms with E-state index in [4.69, 9.17) is 10.00 Å². The number of rotatable bonds is 9. The number of nitriles is 1. The topological polar surface area (TPSA) is 103 Å². The third kappa shape index (κ3) is 6.18. The third-order valence-corrected chi connectivity index (χ3v) is 3.27. The van der Waals surface area contributed by atoms with Crippen molar-refractivity contribution in [1.82, 2.24) is 0 Å². The van der Waals surface area contributed by atoms with Crippen LogP contribution in [-0.4, -0.2) is 38.0 Å². The molecule has 0 aliphatic rings. The Kier molecular flexibility index (Phi) is 8.16. The van der Waals surface area contributed by atoms with Gasteiger partial charge in [0, 0.05) is 6.42 Å². The highest BCUT2D eigenvalue weighted by Gasteiger charge is 2.30. The summed E-state index contributed by atoms with van der Waals surface area (Å²) >= 11 is 0. The van der Waals surface area contributed by atoms with Crippen LogP contribution in [0.2, 0.25) is 0 Å². The van der Waals surface area contributed by atoms with Crippen molar-refractivity contribution in [2.75, 3.05) is 14.2 Å². The van der Waals surface area contributed by atoms with Crippen LogP contribution in [0.4, 0.5) is 0 Å². The molecule has 0 spiro atoms. The molecule has 0 N–H and O–H groups in total. The predicted molar refractivity (Wildman–Crippen MR) is 82.4 cm³/mol. The lowest BCUT2D eigenvalue weighted by atomic mass is 9.99. The van der Waals surface area contributed by atoms with Gasteiger partial charge < -0.3 is 14.2 Å². The molecule has 7 nitrogen and oxygen atoms in total. The van der Waals surface area contributed by atoms with E-state index in [1.54, 1.807) is 6.07 Å². The number of esters is 2. The Morgan fingerprint density at radius 3 is 2.29 bits per heavy atom. The first-order valence-electron chi connectivity index (χ1n) is 7.24. The van der Waals surface area contributed by atoms with Crippen LogP contribution >= 0.6 is 0 Å². The van der Waals surface area contributed by atoms with E-state index < -0.39 is 29.7 Å². The third-order valence-electron chi connectivity index (χ3n) is 3.27. The van der Waals surface area contributed by atoms with Crippen molar-refractivity contribution in [3.63, 3.8) is 0 Å². The van der Waals surface area contributed by atoms with Gasteiger partial charge in [-0.1, -0.05) is 30.3 Å². The van der Waals surface area contributed by atoms with Gasteiger partial charge in [0.2, 0.25) is 5.92 Å². The summed E-state index contributed by atoms with van der Waals surface area (Å²) in [6, 6.07) is 10.8. The van der Waals surface area contributed by atoms with E-state index >= 15 is 0 Å². The number of nitrogens with zero attached hydrogens (tertiary/aromatic N) is 1. The number of Topliss-reactive ketones (excluding diaryl/α,β-unsaturated/α-hetero) is 1. The smallest absolute Gasteiger partial charge is 0.330 e. The second-order valence-corrected chi connectivity index (χ2v) is 4.95. The predicted octanol–water partition coefficient (Wildman–Crippen LogP) is 1.41. The van der Waals surface area contributed by atoms with Gasteiger partial charge in [0.1, 0.15) is 0 Å². The molecule has 1 aromatic carbocycles. The fraction of sp³-hybridized carbons (Fsp3) is 0.412. The first kappa shape index (κ1) is 19.3. The van der Waals surface area contributed by atoms with Gasteiger partial charge in [-0.15, -0.1) is 0 Å². The van der Waals surface area contributed by atoms with Gasteiger partial charge in [0.25, 0.3) is 0 Å². The quantitative estimate of drug-likeness (QED) is 0.497. The molecule has 0 aliphatic carbocycles. The van der Waals surface area contributed by atoms with Crippen molar-refractivity contribution in [2.45, 2.75) is 25.6 Å². The summed E-state index contributed by atoms with van der Waals surface area (Å²) in [5, 5.41) is 8.94. The van der Waals surface area contributed by atoms with Gasteiger partial charge in [0.05, 0.1) is 39.4 Å². The molecule has 0 amide bonds. The molecule has 1 unspecified atom stereocenters. The highest BCUT2D eigenvalue weighted by atomic mass is 16.5. The molecule has 7 heteroatoms. The minimum Gasteiger partial charge on any atom is -0.469 e. The minimum atomic E-state index is -1.53. The van der Waals surface area contributed by atoms with Crippen LogP contribution in [0.3, 0.4) is 0 Å². The normalized spacial score (nSPS) is 12.5. The largest absolute Gasteiger partial charge is 0.469 e. The zero-order chi connectivity index (χ0) is 17.9. The summed E-state index contributed by atoms with van der Waals surface area (Å²) in [5.41, 5.74) is 0.865. The van der Waals surface area contributed by atoms with Crippen molar-refractivity contribution in [3.8, 4) is 6.07 Å². The van der Waals surface area contributed by atoms with Gasteiger partial charge in [-0.25, -0.2) is 0 Å². The van der Waals surface area contributed by atoms with Crippen LogP contribution in [0.25, 0.3) is 0 Å². The Morgan fingerprint density at radius 1 is 1.08 bits per heavy atom. The number of methoxy groups -OCH3 is 2. The standard InChI is InChI=1S/C17H19NO6/c1-22-16(20)9-13(24-11-12-6-4-3-5-7-12)8-15(19)14(10-18)17(21)23-2/h3-7,13-14H,8-9,11H2,1-2H3/t13-,14?/m1/s1. The molecule has 0 bridgehead atoms. The summed E-state index contributed by atoms with van der Waals surface area (Å²) in [6.45, 7) is 0.186. The summed E-state index contributed by atoms with van der Waals surface area (Å²) in [4.78, 5) is 35.0. The molecular weight excluding hydrogens is 314 g/mol. The van der Waals surface area contributed by atoms with Crippen molar-refractivity contribution < 1.29 is 28.6 Å². The van der Waals surface area contributed by atoms with Crippen LogP contribution in [0.1, 0.15) is 18.4 Å². The van der Waals surface area contributed by atoms with E-state index in [1.165, 1.54) is 7.11 Å². The van der Waals surface area contributed by atoms with Crippen LogP contribution in [0, 0.1) is 17.2 Å². The van der Waals surface area contributed by atoms with Crippen molar-refractivity contribution in [3.05, 3.63) is 35.9 Å². The number of ether oxygens (including phenoxy) is 3. The number of hydrogen-bond donors (Lipinski definition) is 0. The van der Waals surface area contributed by atoms with Gasteiger partial charge in [-0.3, -0.25) is 14.4 Å². The molecule has 0 fully saturated rings. The SMILES string of the molecule is COC(=O)C[C@@H](CC(=O)C(C#N)C(=O)OC)OCc1ccccc1.